The second-order valence-corrected chi connectivity index (χ2v) is 8.57. The minimum Gasteiger partial charge on any atom is -0.465 e. The second kappa shape index (κ2) is 9.59. The van der Waals surface area contributed by atoms with Crippen LogP contribution in [0.15, 0.2) is 40.2 Å². The number of thiophene rings is 1. The normalized spacial score (nSPS) is 15.0. The van der Waals surface area contributed by atoms with Crippen LogP contribution in [0, 0.1) is 5.92 Å². The van der Waals surface area contributed by atoms with E-state index in [1.165, 1.54) is 13.2 Å². The maximum atomic E-state index is 12.7. The lowest BCUT2D eigenvalue weighted by Gasteiger charge is -2.30. The summed E-state index contributed by atoms with van der Waals surface area (Å²) < 4.78 is 10.1. The number of rotatable bonds is 6. The van der Waals surface area contributed by atoms with Crippen LogP contribution in [-0.4, -0.2) is 47.1 Å². The summed E-state index contributed by atoms with van der Waals surface area (Å²) in [6, 6.07) is 8.56. The SMILES string of the molecule is COC(=O)c1ccc(Cl)c(NC(=O)C2CCN(Cc3nc(-c4cccs4)no3)CC2)c1. The number of nitrogens with one attached hydrogen (secondary N) is 1. The zero-order valence-corrected chi connectivity index (χ0v) is 18.4. The highest BCUT2D eigenvalue weighted by atomic mass is 35.5. The molecule has 0 saturated carbocycles. The van der Waals surface area contributed by atoms with Gasteiger partial charge in [0.15, 0.2) is 0 Å². The van der Waals surface area contributed by atoms with Crippen molar-refractivity contribution in [3.05, 3.63) is 52.2 Å². The predicted molar refractivity (Wildman–Crippen MR) is 117 cm³/mol. The van der Waals surface area contributed by atoms with Gasteiger partial charge in [0.2, 0.25) is 17.6 Å². The summed E-state index contributed by atoms with van der Waals surface area (Å²) in [7, 11) is 1.31. The first-order valence-corrected chi connectivity index (χ1v) is 11.1. The third kappa shape index (κ3) is 5.12. The summed E-state index contributed by atoms with van der Waals surface area (Å²) in [4.78, 5) is 32.1. The standard InChI is InChI=1S/C21H21ClN4O4S/c1-29-21(28)14-4-5-15(22)16(11-14)23-20(27)13-6-8-26(9-7-13)12-18-24-19(25-30-18)17-3-2-10-31-17/h2-5,10-11,13H,6-9,12H2,1H3,(H,23,27). The van der Waals surface area contributed by atoms with Crippen molar-refractivity contribution >= 4 is 40.5 Å². The van der Waals surface area contributed by atoms with Crippen molar-refractivity contribution in [1.82, 2.24) is 15.0 Å². The highest BCUT2D eigenvalue weighted by Crippen LogP contribution is 2.27. The van der Waals surface area contributed by atoms with E-state index in [1.807, 2.05) is 17.5 Å². The number of nitrogens with zero attached hydrogens (tertiary/aromatic N) is 3. The Morgan fingerprint density at radius 3 is 2.84 bits per heavy atom. The van der Waals surface area contributed by atoms with Crippen LogP contribution in [0.3, 0.4) is 0 Å². The summed E-state index contributed by atoms with van der Waals surface area (Å²) in [5, 5.41) is 9.23. The van der Waals surface area contributed by atoms with E-state index in [1.54, 1.807) is 23.5 Å². The Labute approximate surface area is 188 Å². The first kappa shape index (κ1) is 21.5. The number of piperidine rings is 1. The average molecular weight is 461 g/mol. The molecule has 31 heavy (non-hydrogen) atoms. The Kier molecular flexibility index (Phi) is 6.64. The Balaban J connectivity index is 1.31. The monoisotopic (exact) mass is 460 g/mol. The van der Waals surface area contributed by atoms with Crippen molar-refractivity contribution in [3.8, 4) is 10.7 Å². The fourth-order valence-electron chi connectivity index (χ4n) is 3.47. The molecular formula is C21H21ClN4O4S. The third-order valence-corrected chi connectivity index (χ3v) is 6.37. The molecule has 0 radical (unpaired) electrons. The minimum absolute atomic E-state index is 0.110. The van der Waals surface area contributed by atoms with E-state index < -0.39 is 5.97 Å². The lowest BCUT2D eigenvalue weighted by Crippen LogP contribution is -2.37. The van der Waals surface area contributed by atoms with E-state index >= 15 is 0 Å². The van der Waals surface area contributed by atoms with Crippen molar-refractivity contribution in [2.24, 2.45) is 5.92 Å². The molecule has 10 heteroatoms. The van der Waals surface area contributed by atoms with Gasteiger partial charge in [-0.1, -0.05) is 22.8 Å². The van der Waals surface area contributed by atoms with Crippen LogP contribution in [0.5, 0.6) is 0 Å². The number of ether oxygens (including phenoxy) is 1. The first-order chi connectivity index (χ1) is 15.0. The molecule has 162 valence electrons. The smallest absolute Gasteiger partial charge is 0.337 e. The number of carbonyl (C=O) groups excluding carboxylic acids is 2. The van der Waals surface area contributed by atoms with E-state index in [0.717, 1.165) is 18.0 Å². The minimum atomic E-state index is -0.483. The van der Waals surface area contributed by atoms with Crippen LogP contribution in [0.2, 0.25) is 5.02 Å². The summed E-state index contributed by atoms with van der Waals surface area (Å²) in [5.74, 6) is 0.437. The van der Waals surface area contributed by atoms with Gasteiger partial charge in [0, 0.05) is 5.92 Å². The number of halogens is 1. The van der Waals surface area contributed by atoms with E-state index in [-0.39, 0.29) is 11.8 Å². The van der Waals surface area contributed by atoms with E-state index in [9.17, 15) is 9.59 Å². The number of methoxy groups -OCH3 is 1. The topological polar surface area (TPSA) is 97.6 Å². The largest absolute Gasteiger partial charge is 0.465 e. The Morgan fingerprint density at radius 1 is 1.32 bits per heavy atom. The van der Waals surface area contributed by atoms with Crippen molar-refractivity contribution in [2.45, 2.75) is 19.4 Å². The summed E-state index contributed by atoms with van der Waals surface area (Å²) in [6.45, 7) is 2.04. The van der Waals surface area contributed by atoms with Gasteiger partial charge in [-0.15, -0.1) is 11.3 Å². The molecule has 3 heterocycles. The number of hydrogen-bond donors (Lipinski definition) is 1. The highest BCUT2D eigenvalue weighted by Gasteiger charge is 2.26. The Bertz CT molecular complexity index is 1060. The van der Waals surface area contributed by atoms with Crippen molar-refractivity contribution < 1.29 is 18.8 Å². The number of likely N-dealkylation sites (tertiary alicyclic amines) is 1. The zero-order chi connectivity index (χ0) is 21.8. The predicted octanol–water partition coefficient (Wildman–Crippen LogP) is 4.09. The maximum Gasteiger partial charge on any atom is 0.337 e. The van der Waals surface area contributed by atoms with E-state index in [2.05, 4.69) is 20.4 Å². The van der Waals surface area contributed by atoms with Crippen molar-refractivity contribution in [2.75, 3.05) is 25.5 Å². The van der Waals surface area contributed by atoms with Crippen LogP contribution >= 0.6 is 22.9 Å². The van der Waals surface area contributed by atoms with Gasteiger partial charge >= 0.3 is 5.97 Å². The Hall–Kier alpha value is -2.75. The molecule has 1 fully saturated rings. The number of benzene rings is 1. The summed E-state index contributed by atoms with van der Waals surface area (Å²) >= 11 is 7.75. The molecule has 4 rings (SSSR count). The number of carbonyl (C=O) groups is 2. The molecule has 0 atom stereocenters. The van der Waals surface area contributed by atoms with Gasteiger partial charge in [-0.25, -0.2) is 4.79 Å². The molecule has 1 aromatic carbocycles. The van der Waals surface area contributed by atoms with Crippen LogP contribution < -0.4 is 5.32 Å². The number of esters is 1. The van der Waals surface area contributed by atoms with Gasteiger partial charge in [-0.2, -0.15) is 4.98 Å². The molecule has 0 spiro atoms. The lowest BCUT2D eigenvalue weighted by atomic mass is 9.95. The molecule has 0 aliphatic carbocycles. The van der Waals surface area contributed by atoms with Gasteiger partial charge in [0.05, 0.1) is 34.8 Å². The lowest BCUT2D eigenvalue weighted by molar-refractivity contribution is -0.121. The van der Waals surface area contributed by atoms with E-state index in [4.69, 9.17) is 20.9 Å². The molecule has 8 nitrogen and oxygen atoms in total. The number of aromatic nitrogens is 2. The maximum absolute atomic E-state index is 12.7. The molecule has 1 aliphatic heterocycles. The van der Waals surface area contributed by atoms with Crippen LogP contribution in [0.25, 0.3) is 10.7 Å². The number of anilines is 1. The van der Waals surface area contributed by atoms with Crippen LogP contribution in [0.4, 0.5) is 5.69 Å². The summed E-state index contributed by atoms with van der Waals surface area (Å²) in [5.41, 5.74) is 0.738. The molecule has 3 aromatic rings. The summed E-state index contributed by atoms with van der Waals surface area (Å²) in [6.07, 6.45) is 1.40. The first-order valence-electron chi connectivity index (χ1n) is 9.81. The molecule has 1 aliphatic rings. The number of amides is 1. The molecule has 1 saturated heterocycles. The average Bonchev–Trinajstić information content (AvgIpc) is 3.47. The second-order valence-electron chi connectivity index (χ2n) is 7.21. The van der Waals surface area contributed by atoms with Crippen LogP contribution in [-0.2, 0) is 16.1 Å². The third-order valence-electron chi connectivity index (χ3n) is 5.17. The van der Waals surface area contributed by atoms with Gasteiger partial charge in [-0.3, -0.25) is 9.69 Å². The number of hydrogen-bond acceptors (Lipinski definition) is 8. The molecule has 0 bridgehead atoms. The van der Waals surface area contributed by atoms with Crippen LogP contribution in [0.1, 0.15) is 29.1 Å². The quantitative estimate of drug-likeness (QED) is 0.553. The van der Waals surface area contributed by atoms with Crippen molar-refractivity contribution in [3.63, 3.8) is 0 Å². The van der Waals surface area contributed by atoms with Gasteiger partial charge in [-0.05, 0) is 55.6 Å². The van der Waals surface area contributed by atoms with Crippen molar-refractivity contribution in [1.29, 1.82) is 0 Å². The van der Waals surface area contributed by atoms with E-state index in [0.29, 0.717) is 47.4 Å². The molecular weight excluding hydrogens is 440 g/mol. The highest BCUT2D eigenvalue weighted by molar-refractivity contribution is 7.13. The fourth-order valence-corrected chi connectivity index (χ4v) is 4.28. The van der Waals surface area contributed by atoms with Gasteiger partial charge in [0.1, 0.15) is 0 Å². The zero-order valence-electron chi connectivity index (χ0n) is 16.8. The molecule has 1 N–H and O–H groups in total. The molecule has 2 aromatic heterocycles. The Morgan fingerprint density at radius 2 is 2.13 bits per heavy atom. The van der Waals surface area contributed by atoms with Gasteiger partial charge < -0.3 is 14.6 Å². The fraction of sp³-hybridized carbons (Fsp3) is 0.333. The molecule has 0 unspecified atom stereocenters. The molecule has 1 amide bonds. The van der Waals surface area contributed by atoms with Gasteiger partial charge in [0.25, 0.3) is 0 Å².